The van der Waals surface area contributed by atoms with Crippen LogP contribution in [0, 0.1) is 5.82 Å². The normalized spacial score (nSPS) is 10.6. The van der Waals surface area contributed by atoms with Crippen molar-refractivity contribution in [3.05, 3.63) is 35.6 Å². The first-order valence-corrected chi connectivity index (χ1v) is 4.90. The number of nitrogens with zero attached hydrogens (tertiary/aromatic N) is 1. The summed E-state index contributed by atoms with van der Waals surface area (Å²) in [5, 5.41) is 12.2. The van der Waals surface area contributed by atoms with Crippen LogP contribution < -0.4 is 5.43 Å². The number of aliphatic hydroxyl groups is 1. The van der Waals surface area contributed by atoms with Crippen LogP contribution >= 0.6 is 0 Å². The Hall–Kier alpha value is -1.75. The zero-order chi connectivity index (χ0) is 11.8. The summed E-state index contributed by atoms with van der Waals surface area (Å²) in [6.07, 6.45) is 2.07. The van der Waals surface area contributed by atoms with Gasteiger partial charge in [-0.15, -0.1) is 0 Å². The molecule has 0 saturated heterocycles. The molecule has 0 bridgehead atoms. The maximum Gasteiger partial charge on any atom is 0.240 e. The first-order chi connectivity index (χ1) is 7.72. The summed E-state index contributed by atoms with van der Waals surface area (Å²) in [6.45, 7) is -0.0188. The fraction of sp³-hybridized carbons (Fsp3) is 0.273. The lowest BCUT2D eigenvalue weighted by Crippen LogP contribution is -2.17. The van der Waals surface area contributed by atoms with Crippen LogP contribution in [0.2, 0.25) is 0 Å². The van der Waals surface area contributed by atoms with Gasteiger partial charge in [-0.1, -0.05) is 12.1 Å². The summed E-state index contributed by atoms with van der Waals surface area (Å²) >= 11 is 0. The molecule has 0 aliphatic carbocycles. The van der Waals surface area contributed by atoms with Gasteiger partial charge < -0.3 is 5.11 Å². The van der Waals surface area contributed by atoms with Crippen LogP contribution in [0.25, 0.3) is 0 Å². The summed E-state index contributed by atoms with van der Waals surface area (Å²) in [5.41, 5.74) is 3.00. The van der Waals surface area contributed by atoms with Gasteiger partial charge in [0.15, 0.2) is 0 Å². The molecule has 0 unspecified atom stereocenters. The van der Waals surface area contributed by atoms with E-state index in [2.05, 4.69) is 10.5 Å². The smallest absolute Gasteiger partial charge is 0.240 e. The lowest BCUT2D eigenvalue weighted by Gasteiger charge is -1.97. The van der Waals surface area contributed by atoms with Gasteiger partial charge in [-0.05, 0) is 24.1 Å². The first kappa shape index (κ1) is 12.3. The second-order valence-corrected chi connectivity index (χ2v) is 3.17. The highest BCUT2D eigenvalue weighted by Gasteiger charge is 1.97. The van der Waals surface area contributed by atoms with E-state index in [0.29, 0.717) is 12.0 Å². The fourth-order valence-corrected chi connectivity index (χ4v) is 1.02. The fourth-order valence-electron chi connectivity index (χ4n) is 1.02. The monoisotopic (exact) mass is 224 g/mol. The molecule has 16 heavy (non-hydrogen) atoms. The van der Waals surface area contributed by atoms with Crippen LogP contribution in [0.3, 0.4) is 0 Å². The second-order valence-electron chi connectivity index (χ2n) is 3.17. The number of carbonyl (C=O) groups excluding carboxylic acids is 1. The number of rotatable bonds is 5. The average Bonchev–Trinajstić information content (AvgIpc) is 2.29. The molecule has 1 amide bonds. The molecule has 0 atom stereocenters. The molecule has 0 radical (unpaired) electrons. The second kappa shape index (κ2) is 6.68. The molecule has 1 aromatic rings. The Morgan fingerprint density at radius 2 is 2.12 bits per heavy atom. The summed E-state index contributed by atoms with van der Waals surface area (Å²) in [6, 6.07) is 5.74. The van der Waals surface area contributed by atoms with Crippen molar-refractivity contribution in [3.8, 4) is 0 Å². The third kappa shape index (κ3) is 4.65. The topological polar surface area (TPSA) is 61.7 Å². The van der Waals surface area contributed by atoms with E-state index >= 15 is 0 Å². The van der Waals surface area contributed by atoms with Gasteiger partial charge in [0.05, 0.1) is 6.21 Å². The molecular weight excluding hydrogens is 211 g/mol. The molecule has 0 heterocycles. The maximum atomic E-state index is 12.5. The van der Waals surface area contributed by atoms with Gasteiger partial charge in [0.1, 0.15) is 5.82 Å². The van der Waals surface area contributed by atoms with Crippen LogP contribution in [-0.4, -0.2) is 23.8 Å². The largest absolute Gasteiger partial charge is 0.396 e. The lowest BCUT2D eigenvalue weighted by molar-refractivity contribution is -0.121. The Labute approximate surface area is 92.8 Å². The van der Waals surface area contributed by atoms with Gasteiger partial charge in [-0.2, -0.15) is 5.10 Å². The predicted molar refractivity (Wildman–Crippen MR) is 58.5 cm³/mol. The van der Waals surface area contributed by atoms with Gasteiger partial charge in [0, 0.05) is 13.0 Å². The number of nitrogens with one attached hydrogen (secondary N) is 1. The highest BCUT2D eigenvalue weighted by molar-refractivity contribution is 5.82. The third-order valence-electron chi connectivity index (χ3n) is 1.83. The Morgan fingerprint density at radius 1 is 1.44 bits per heavy atom. The van der Waals surface area contributed by atoms with Crippen molar-refractivity contribution in [1.29, 1.82) is 0 Å². The van der Waals surface area contributed by atoms with Crippen LogP contribution in [0.4, 0.5) is 4.39 Å². The van der Waals surface area contributed by atoms with E-state index in [1.54, 1.807) is 12.1 Å². The molecule has 1 aromatic carbocycles. The van der Waals surface area contributed by atoms with Crippen molar-refractivity contribution >= 4 is 12.1 Å². The Bertz CT molecular complexity index is 363. The van der Waals surface area contributed by atoms with E-state index in [9.17, 15) is 9.18 Å². The highest BCUT2D eigenvalue weighted by Crippen LogP contribution is 1.99. The minimum Gasteiger partial charge on any atom is -0.396 e. The number of hydrogen-bond acceptors (Lipinski definition) is 3. The SMILES string of the molecule is O=C(CCCO)NN=Cc1ccc(F)cc1. The Kier molecular flexibility index (Phi) is 5.15. The number of hydrogen-bond donors (Lipinski definition) is 2. The summed E-state index contributed by atoms with van der Waals surface area (Å²) < 4.78 is 12.5. The van der Waals surface area contributed by atoms with Gasteiger partial charge in [-0.25, -0.2) is 9.82 Å². The van der Waals surface area contributed by atoms with Crippen molar-refractivity contribution in [2.75, 3.05) is 6.61 Å². The number of carbonyl (C=O) groups is 1. The molecule has 0 spiro atoms. The van der Waals surface area contributed by atoms with Gasteiger partial charge in [-0.3, -0.25) is 4.79 Å². The lowest BCUT2D eigenvalue weighted by atomic mass is 10.2. The van der Waals surface area contributed by atoms with Crippen molar-refractivity contribution < 1.29 is 14.3 Å². The average molecular weight is 224 g/mol. The van der Waals surface area contributed by atoms with E-state index < -0.39 is 0 Å². The molecule has 0 fully saturated rings. The first-order valence-electron chi connectivity index (χ1n) is 4.90. The molecule has 0 saturated carbocycles. The van der Waals surface area contributed by atoms with Crippen molar-refractivity contribution in [3.63, 3.8) is 0 Å². The highest BCUT2D eigenvalue weighted by atomic mass is 19.1. The molecular formula is C11H13FN2O2. The zero-order valence-electron chi connectivity index (χ0n) is 8.69. The number of halogens is 1. The number of amides is 1. The van der Waals surface area contributed by atoms with E-state index in [0.717, 1.165) is 0 Å². The van der Waals surface area contributed by atoms with Gasteiger partial charge in [0.25, 0.3) is 0 Å². The molecule has 4 nitrogen and oxygen atoms in total. The summed E-state index contributed by atoms with van der Waals surface area (Å²) in [4.78, 5) is 11.1. The van der Waals surface area contributed by atoms with E-state index in [1.165, 1.54) is 18.3 Å². The van der Waals surface area contributed by atoms with Crippen molar-refractivity contribution in [2.24, 2.45) is 5.10 Å². The predicted octanol–water partition coefficient (Wildman–Crippen LogP) is 1.05. The van der Waals surface area contributed by atoms with E-state index in [-0.39, 0.29) is 24.8 Å². The quantitative estimate of drug-likeness (QED) is 0.580. The Balaban J connectivity index is 2.37. The molecule has 0 aromatic heterocycles. The van der Waals surface area contributed by atoms with Crippen molar-refractivity contribution in [2.45, 2.75) is 12.8 Å². The van der Waals surface area contributed by atoms with Crippen LogP contribution in [0.1, 0.15) is 18.4 Å². The Morgan fingerprint density at radius 3 is 2.75 bits per heavy atom. The van der Waals surface area contributed by atoms with Crippen molar-refractivity contribution in [1.82, 2.24) is 5.43 Å². The molecule has 5 heteroatoms. The van der Waals surface area contributed by atoms with Gasteiger partial charge in [0.2, 0.25) is 5.91 Å². The number of hydrazone groups is 1. The zero-order valence-corrected chi connectivity index (χ0v) is 8.69. The number of benzene rings is 1. The summed E-state index contributed by atoms with van der Waals surface area (Å²) in [7, 11) is 0. The minimum atomic E-state index is -0.316. The van der Waals surface area contributed by atoms with Crippen LogP contribution in [-0.2, 0) is 4.79 Å². The van der Waals surface area contributed by atoms with E-state index in [1.807, 2.05) is 0 Å². The minimum absolute atomic E-state index is 0.0188. The molecule has 1 rings (SSSR count). The standard InChI is InChI=1S/C11H13FN2O2/c12-10-5-3-9(4-6-10)8-13-14-11(16)2-1-7-15/h3-6,8,15H,1-2,7H2,(H,14,16). The number of aliphatic hydroxyl groups excluding tert-OH is 1. The summed E-state index contributed by atoms with van der Waals surface area (Å²) in [5.74, 6) is -0.573. The maximum absolute atomic E-state index is 12.5. The van der Waals surface area contributed by atoms with E-state index in [4.69, 9.17) is 5.11 Å². The molecule has 0 aliphatic rings. The van der Waals surface area contributed by atoms with Crippen LogP contribution in [0.15, 0.2) is 29.4 Å². The van der Waals surface area contributed by atoms with Gasteiger partial charge >= 0.3 is 0 Å². The van der Waals surface area contributed by atoms with Crippen LogP contribution in [0.5, 0.6) is 0 Å². The molecule has 2 N–H and O–H groups in total. The molecule has 86 valence electrons. The molecule has 0 aliphatic heterocycles. The third-order valence-corrected chi connectivity index (χ3v) is 1.83.